The number of methoxy groups -OCH3 is 1. The molecular weight excluding hydrogens is 528 g/mol. The Morgan fingerprint density at radius 1 is 1.09 bits per heavy atom. The minimum Gasteiger partial charge on any atom is -0.507 e. The third-order valence-corrected chi connectivity index (χ3v) is 5.19. The molecular formula is C22H17BrN4O8. The van der Waals surface area contributed by atoms with Crippen LogP contribution in [0.4, 0.5) is 11.4 Å². The molecule has 0 atom stereocenters. The van der Waals surface area contributed by atoms with Gasteiger partial charge in [0, 0.05) is 24.3 Å². The van der Waals surface area contributed by atoms with Crippen LogP contribution < -0.4 is 14.9 Å². The first-order valence-electron chi connectivity index (χ1n) is 9.74. The van der Waals surface area contributed by atoms with E-state index >= 15 is 0 Å². The van der Waals surface area contributed by atoms with Gasteiger partial charge in [-0.1, -0.05) is 0 Å². The second-order valence-electron chi connectivity index (χ2n) is 6.90. The number of carbonyl (C=O) groups is 1. The number of amides is 1. The summed E-state index contributed by atoms with van der Waals surface area (Å²) >= 11 is 3.39. The summed E-state index contributed by atoms with van der Waals surface area (Å²) in [5.41, 5.74) is 2.75. The Hall–Kier alpha value is -4.52. The van der Waals surface area contributed by atoms with Gasteiger partial charge in [-0.15, -0.1) is 0 Å². The molecule has 0 bridgehead atoms. The molecule has 0 heterocycles. The fourth-order valence-corrected chi connectivity index (χ4v) is 3.44. The molecule has 0 aromatic heterocycles. The first kappa shape index (κ1) is 25.1. The fourth-order valence-electron chi connectivity index (χ4n) is 2.87. The Bertz CT molecular complexity index is 1310. The lowest BCUT2D eigenvalue weighted by atomic mass is 10.1. The van der Waals surface area contributed by atoms with E-state index in [9.17, 15) is 30.1 Å². The number of non-ortho nitro benzene ring substituents is 2. The van der Waals surface area contributed by atoms with Gasteiger partial charge in [-0.2, -0.15) is 5.10 Å². The van der Waals surface area contributed by atoms with Crippen molar-refractivity contribution in [2.45, 2.75) is 6.61 Å². The summed E-state index contributed by atoms with van der Waals surface area (Å²) in [5, 5.41) is 35.3. The van der Waals surface area contributed by atoms with Crippen LogP contribution >= 0.6 is 15.9 Å². The number of phenols is 1. The van der Waals surface area contributed by atoms with Gasteiger partial charge in [0.2, 0.25) is 0 Å². The summed E-state index contributed by atoms with van der Waals surface area (Å²) in [4.78, 5) is 32.7. The molecule has 0 aliphatic rings. The van der Waals surface area contributed by atoms with Gasteiger partial charge in [0.25, 0.3) is 17.3 Å². The molecule has 0 saturated carbocycles. The Kier molecular flexibility index (Phi) is 7.94. The van der Waals surface area contributed by atoms with Crippen molar-refractivity contribution in [2.75, 3.05) is 7.11 Å². The van der Waals surface area contributed by atoms with E-state index in [1.165, 1.54) is 25.5 Å². The molecule has 0 spiro atoms. The zero-order valence-electron chi connectivity index (χ0n) is 18.0. The summed E-state index contributed by atoms with van der Waals surface area (Å²) in [5.74, 6) is -0.530. The molecule has 12 nitrogen and oxygen atoms in total. The van der Waals surface area contributed by atoms with Crippen molar-refractivity contribution < 1.29 is 29.2 Å². The molecule has 3 aromatic carbocycles. The number of nitro groups is 2. The summed E-state index contributed by atoms with van der Waals surface area (Å²) < 4.78 is 11.7. The van der Waals surface area contributed by atoms with Gasteiger partial charge in [-0.3, -0.25) is 25.0 Å². The van der Waals surface area contributed by atoms with Crippen molar-refractivity contribution in [1.82, 2.24) is 5.43 Å². The summed E-state index contributed by atoms with van der Waals surface area (Å²) in [7, 11) is 1.44. The van der Waals surface area contributed by atoms with Gasteiger partial charge in [0.1, 0.15) is 12.4 Å². The van der Waals surface area contributed by atoms with E-state index in [1.807, 2.05) is 0 Å². The average molecular weight is 545 g/mol. The second-order valence-corrected chi connectivity index (χ2v) is 7.76. The first-order chi connectivity index (χ1) is 16.7. The smallest absolute Gasteiger partial charge is 0.275 e. The number of halogens is 1. The zero-order chi connectivity index (χ0) is 25.5. The van der Waals surface area contributed by atoms with Gasteiger partial charge in [0.05, 0.1) is 33.2 Å². The molecule has 180 valence electrons. The third-order valence-electron chi connectivity index (χ3n) is 4.60. The van der Waals surface area contributed by atoms with Crippen LogP contribution in [0.15, 0.2) is 64.2 Å². The van der Waals surface area contributed by atoms with E-state index in [0.717, 1.165) is 18.2 Å². The number of nitro benzene ring substituents is 2. The molecule has 0 unspecified atom stereocenters. The quantitative estimate of drug-likeness (QED) is 0.228. The van der Waals surface area contributed by atoms with E-state index in [2.05, 4.69) is 26.5 Å². The molecule has 2 N–H and O–H groups in total. The molecule has 0 saturated heterocycles. The van der Waals surface area contributed by atoms with E-state index in [-0.39, 0.29) is 23.5 Å². The Balaban J connectivity index is 1.70. The highest BCUT2D eigenvalue weighted by Crippen LogP contribution is 2.37. The number of nitrogens with one attached hydrogen (secondary N) is 1. The maximum absolute atomic E-state index is 12.3. The Labute approximate surface area is 206 Å². The van der Waals surface area contributed by atoms with Gasteiger partial charge in [0.15, 0.2) is 11.5 Å². The van der Waals surface area contributed by atoms with Gasteiger partial charge < -0.3 is 14.6 Å². The van der Waals surface area contributed by atoms with Crippen LogP contribution in [0.25, 0.3) is 0 Å². The molecule has 1 amide bonds. The number of ether oxygens (including phenoxy) is 2. The lowest BCUT2D eigenvalue weighted by Gasteiger charge is -2.13. The highest BCUT2D eigenvalue weighted by atomic mass is 79.9. The predicted octanol–water partition coefficient (Wildman–Crippen LogP) is 4.32. The first-order valence-corrected chi connectivity index (χ1v) is 10.5. The van der Waals surface area contributed by atoms with E-state index < -0.39 is 21.5 Å². The van der Waals surface area contributed by atoms with E-state index in [0.29, 0.717) is 27.1 Å². The van der Waals surface area contributed by atoms with Crippen molar-refractivity contribution >= 4 is 39.4 Å². The highest BCUT2D eigenvalue weighted by molar-refractivity contribution is 9.10. The lowest BCUT2D eigenvalue weighted by molar-refractivity contribution is -0.385. The summed E-state index contributed by atoms with van der Waals surface area (Å²) in [6.45, 7) is 0.128. The SMILES string of the molecule is COc1cc(/C=N/NC(=O)c2cc([N+](=O)[O-])ccc2O)cc(Br)c1OCc1ccc([N+](=O)[O-])cc1. The number of carbonyl (C=O) groups excluding carboxylic acids is 1. The van der Waals surface area contributed by atoms with Crippen LogP contribution in [0.1, 0.15) is 21.5 Å². The predicted molar refractivity (Wildman–Crippen MR) is 128 cm³/mol. The van der Waals surface area contributed by atoms with Crippen molar-refractivity contribution in [3.63, 3.8) is 0 Å². The van der Waals surface area contributed by atoms with Gasteiger partial charge >= 0.3 is 0 Å². The maximum atomic E-state index is 12.3. The molecule has 3 aromatic rings. The molecule has 35 heavy (non-hydrogen) atoms. The van der Waals surface area contributed by atoms with Crippen molar-refractivity contribution in [2.24, 2.45) is 5.10 Å². The minimum absolute atomic E-state index is 0.0241. The number of benzene rings is 3. The number of rotatable bonds is 9. The molecule has 0 radical (unpaired) electrons. The second kappa shape index (κ2) is 11.1. The number of aromatic hydroxyl groups is 1. The zero-order valence-corrected chi connectivity index (χ0v) is 19.6. The summed E-state index contributed by atoms with van der Waals surface area (Å²) in [6.07, 6.45) is 1.31. The lowest BCUT2D eigenvalue weighted by Crippen LogP contribution is -2.18. The van der Waals surface area contributed by atoms with Crippen LogP contribution in [-0.4, -0.2) is 34.2 Å². The molecule has 0 fully saturated rings. The number of hydrogen-bond donors (Lipinski definition) is 2. The van der Waals surface area contributed by atoms with Crippen molar-refractivity contribution in [3.8, 4) is 17.2 Å². The van der Waals surface area contributed by atoms with Crippen LogP contribution in [0, 0.1) is 20.2 Å². The molecule has 3 rings (SSSR count). The van der Waals surface area contributed by atoms with E-state index in [1.54, 1.807) is 24.3 Å². The van der Waals surface area contributed by atoms with Crippen molar-refractivity contribution in [1.29, 1.82) is 0 Å². The number of nitrogens with zero attached hydrogens (tertiary/aromatic N) is 3. The number of hydrogen-bond acceptors (Lipinski definition) is 9. The van der Waals surface area contributed by atoms with E-state index in [4.69, 9.17) is 9.47 Å². The third kappa shape index (κ3) is 6.29. The van der Waals surface area contributed by atoms with Crippen LogP contribution in [0.3, 0.4) is 0 Å². The Morgan fingerprint density at radius 2 is 1.74 bits per heavy atom. The van der Waals surface area contributed by atoms with Crippen LogP contribution in [0.2, 0.25) is 0 Å². The largest absolute Gasteiger partial charge is 0.507 e. The highest BCUT2D eigenvalue weighted by Gasteiger charge is 2.16. The van der Waals surface area contributed by atoms with Crippen LogP contribution in [-0.2, 0) is 6.61 Å². The Morgan fingerprint density at radius 3 is 2.37 bits per heavy atom. The maximum Gasteiger partial charge on any atom is 0.275 e. The molecule has 0 aliphatic heterocycles. The van der Waals surface area contributed by atoms with Crippen molar-refractivity contribution in [3.05, 3.63) is 96.0 Å². The summed E-state index contributed by atoms with van der Waals surface area (Å²) in [6, 6.07) is 12.2. The van der Waals surface area contributed by atoms with Gasteiger partial charge in [-0.05, 0) is 57.4 Å². The average Bonchev–Trinajstić information content (AvgIpc) is 2.83. The fraction of sp³-hybridized carbons (Fsp3) is 0.0909. The van der Waals surface area contributed by atoms with Crippen LogP contribution in [0.5, 0.6) is 17.2 Å². The minimum atomic E-state index is -0.837. The monoisotopic (exact) mass is 544 g/mol. The molecule has 0 aliphatic carbocycles. The topological polar surface area (TPSA) is 166 Å². The molecule has 13 heteroatoms. The number of phenolic OH excluding ortho intramolecular Hbond substituents is 1. The number of hydrazone groups is 1. The standard InChI is InChI=1S/C22H17BrN4O8/c1-34-20-9-14(11-24-25-22(29)17-10-16(27(32)33)6-7-19(17)28)8-18(23)21(20)35-12-13-2-4-15(5-3-13)26(30)31/h2-11,28H,12H2,1H3,(H,25,29)/b24-11+. The van der Waals surface area contributed by atoms with Gasteiger partial charge in [-0.25, -0.2) is 5.43 Å². The normalized spacial score (nSPS) is 10.7.